The molecule has 1 N–H and O–H groups in total. The van der Waals surface area contributed by atoms with Crippen LogP contribution in [-0.2, 0) is 20.2 Å². The molecule has 0 radical (unpaired) electrons. The Hall–Kier alpha value is -1.11. The van der Waals surface area contributed by atoms with Crippen LogP contribution in [0.25, 0.3) is 0 Å². The molecule has 6 heteroatoms. The smallest absolute Gasteiger partial charge is 0.156 e. The van der Waals surface area contributed by atoms with E-state index < -0.39 is 15.4 Å². The fourth-order valence-corrected chi connectivity index (χ4v) is 6.77. The maximum atomic E-state index is 12.2. The van der Waals surface area contributed by atoms with Crippen LogP contribution < -0.4 is 4.90 Å². The average molecular weight is 337 g/mol. The topological polar surface area (TPSA) is 66.8 Å². The van der Waals surface area contributed by atoms with Crippen molar-refractivity contribution < 1.29 is 18.3 Å². The van der Waals surface area contributed by atoms with Gasteiger partial charge in [-0.05, 0) is 43.4 Å². The zero-order valence-corrected chi connectivity index (χ0v) is 14.0. The third kappa shape index (κ3) is 2.57. The van der Waals surface area contributed by atoms with E-state index >= 15 is 0 Å². The molecule has 23 heavy (non-hydrogen) atoms. The predicted octanol–water partition coefficient (Wildman–Crippen LogP) is 1.45. The molecule has 3 fully saturated rings. The molecule has 2 atom stereocenters. The number of aliphatic hydroxyl groups is 1. The zero-order valence-electron chi connectivity index (χ0n) is 13.1. The Morgan fingerprint density at radius 2 is 1.61 bits per heavy atom. The molecule has 0 aliphatic carbocycles. The Kier molecular flexibility index (Phi) is 3.66. The Labute approximate surface area is 137 Å². The Bertz CT molecular complexity index is 659. The summed E-state index contributed by atoms with van der Waals surface area (Å²) in [5, 5.41) is 10.3. The summed E-state index contributed by atoms with van der Waals surface area (Å²) in [6, 6.07) is 7.98. The van der Waals surface area contributed by atoms with Crippen molar-refractivity contribution >= 4 is 15.5 Å². The van der Waals surface area contributed by atoms with Crippen LogP contribution in [0.3, 0.4) is 0 Å². The van der Waals surface area contributed by atoms with Crippen LogP contribution in [-0.4, -0.2) is 50.3 Å². The quantitative estimate of drug-likeness (QED) is 0.885. The van der Waals surface area contributed by atoms with Gasteiger partial charge in [0.1, 0.15) is 0 Å². The molecule has 0 saturated carbocycles. The molecule has 3 aliphatic rings. The van der Waals surface area contributed by atoms with Gasteiger partial charge in [-0.3, -0.25) is 0 Å². The Balaban J connectivity index is 1.56. The monoisotopic (exact) mass is 337 g/mol. The summed E-state index contributed by atoms with van der Waals surface area (Å²) in [5.41, 5.74) is 0.981. The molecule has 0 amide bonds. The van der Waals surface area contributed by atoms with E-state index in [0.29, 0.717) is 25.7 Å². The lowest BCUT2D eigenvalue weighted by molar-refractivity contribution is 0.0173. The second-order valence-corrected chi connectivity index (χ2v) is 9.51. The number of ether oxygens (including phenoxy) is 1. The fourth-order valence-electron chi connectivity index (χ4n) is 4.29. The minimum atomic E-state index is -3.02. The third-order valence-corrected chi connectivity index (χ3v) is 8.31. The van der Waals surface area contributed by atoms with Crippen LogP contribution in [0, 0.1) is 0 Å². The van der Waals surface area contributed by atoms with Crippen molar-refractivity contribution in [3.63, 3.8) is 0 Å². The minimum Gasteiger partial charge on any atom is -0.385 e. The van der Waals surface area contributed by atoms with Crippen LogP contribution in [0.4, 0.5) is 5.69 Å². The van der Waals surface area contributed by atoms with Gasteiger partial charge in [0.05, 0.1) is 29.3 Å². The van der Waals surface area contributed by atoms with E-state index in [0.717, 1.165) is 37.6 Å². The molecule has 3 aliphatic heterocycles. The van der Waals surface area contributed by atoms with E-state index in [-0.39, 0.29) is 10.5 Å². The van der Waals surface area contributed by atoms with Crippen molar-refractivity contribution in [3.05, 3.63) is 29.8 Å². The van der Waals surface area contributed by atoms with E-state index in [4.69, 9.17) is 4.74 Å². The van der Waals surface area contributed by atoms with Gasteiger partial charge in [-0.15, -0.1) is 0 Å². The highest BCUT2D eigenvalue weighted by Crippen LogP contribution is 2.47. The number of hydrogen-bond acceptors (Lipinski definition) is 5. The van der Waals surface area contributed by atoms with Gasteiger partial charge in [0, 0.05) is 18.8 Å². The first kappa shape index (κ1) is 15.4. The minimum absolute atomic E-state index is 0.336. The molecule has 3 saturated heterocycles. The number of anilines is 1. The van der Waals surface area contributed by atoms with Gasteiger partial charge in [0.25, 0.3) is 0 Å². The first-order chi connectivity index (χ1) is 11.0. The highest BCUT2D eigenvalue weighted by Gasteiger charge is 2.53. The number of nitrogens with zero attached hydrogens (tertiary/aromatic N) is 1. The van der Waals surface area contributed by atoms with Gasteiger partial charge in [0.15, 0.2) is 9.84 Å². The highest BCUT2D eigenvalue weighted by molar-refractivity contribution is 7.93. The first-order valence-electron chi connectivity index (χ1n) is 8.37. The number of fused-ring (bicyclic) bond motifs is 2. The fraction of sp³-hybridized carbons (Fsp3) is 0.647. The van der Waals surface area contributed by atoms with Crippen LogP contribution in [0.15, 0.2) is 24.3 Å². The second-order valence-electron chi connectivity index (χ2n) is 7.00. The lowest BCUT2D eigenvalue weighted by Gasteiger charge is -2.37. The lowest BCUT2D eigenvalue weighted by atomic mass is 9.86. The molecule has 4 rings (SSSR count). The number of hydrogen-bond donors (Lipinski definition) is 1. The number of benzene rings is 1. The van der Waals surface area contributed by atoms with Crippen LogP contribution in [0.5, 0.6) is 0 Å². The molecule has 2 unspecified atom stereocenters. The molecule has 126 valence electrons. The average Bonchev–Trinajstić information content (AvgIpc) is 2.74. The SMILES string of the molecule is O=S1(=O)C2CCC1CC(O)(c1ccc(N3CCOCC3)cc1)C2. The van der Waals surface area contributed by atoms with Crippen molar-refractivity contribution in [1.29, 1.82) is 0 Å². The van der Waals surface area contributed by atoms with E-state index in [1.165, 1.54) is 0 Å². The summed E-state index contributed by atoms with van der Waals surface area (Å²) in [7, 11) is -3.02. The first-order valence-corrected chi connectivity index (χ1v) is 9.98. The summed E-state index contributed by atoms with van der Waals surface area (Å²) in [6.45, 7) is 3.25. The van der Waals surface area contributed by atoms with Crippen molar-refractivity contribution in [2.75, 3.05) is 31.2 Å². The Morgan fingerprint density at radius 1 is 1.04 bits per heavy atom. The predicted molar refractivity (Wildman–Crippen MR) is 88.3 cm³/mol. The van der Waals surface area contributed by atoms with E-state index in [1.807, 2.05) is 24.3 Å². The van der Waals surface area contributed by atoms with Crippen LogP contribution in [0.1, 0.15) is 31.2 Å². The molecular weight excluding hydrogens is 314 g/mol. The van der Waals surface area contributed by atoms with E-state index in [2.05, 4.69) is 4.90 Å². The van der Waals surface area contributed by atoms with Crippen molar-refractivity contribution in [2.45, 2.75) is 41.8 Å². The number of rotatable bonds is 2. The molecular formula is C17H23NO4S. The molecule has 1 aromatic rings. The Morgan fingerprint density at radius 3 is 2.17 bits per heavy atom. The maximum Gasteiger partial charge on any atom is 0.156 e. The summed E-state index contributed by atoms with van der Waals surface area (Å²) < 4.78 is 29.8. The summed E-state index contributed by atoms with van der Waals surface area (Å²) in [4.78, 5) is 2.27. The van der Waals surface area contributed by atoms with Gasteiger partial charge < -0.3 is 14.7 Å². The third-order valence-electron chi connectivity index (χ3n) is 5.65. The zero-order chi connectivity index (χ0) is 16.1. The van der Waals surface area contributed by atoms with E-state index in [1.54, 1.807) is 0 Å². The van der Waals surface area contributed by atoms with Gasteiger partial charge in [-0.25, -0.2) is 8.42 Å². The van der Waals surface area contributed by atoms with Crippen LogP contribution >= 0.6 is 0 Å². The van der Waals surface area contributed by atoms with Gasteiger partial charge in [-0.2, -0.15) is 0 Å². The molecule has 0 spiro atoms. The maximum absolute atomic E-state index is 12.2. The molecule has 3 heterocycles. The highest BCUT2D eigenvalue weighted by atomic mass is 32.2. The second kappa shape index (κ2) is 5.46. The largest absolute Gasteiger partial charge is 0.385 e. The summed E-state index contributed by atoms with van der Waals surface area (Å²) >= 11 is 0. The van der Waals surface area contributed by atoms with E-state index in [9.17, 15) is 13.5 Å². The summed E-state index contributed by atoms with van der Waals surface area (Å²) in [5.74, 6) is 0. The molecule has 5 nitrogen and oxygen atoms in total. The molecule has 1 aromatic carbocycles. The summed E-state index contributed by atoms with van der Waals surface area (Å²) in [6.07, 6.45) is 2.06. The lowest BCUT2D eigenvalue weighted by Crippen LogP contribution is -2.43. The van der Waals surface area contributed by atoms with Gasteiger partial charge in [0.2, 0.25) is 0 Å². The number of sulfone groups is 1. The van der Waals surface area contributed by atoms with Gasteiger partial charge in [-0.1, -0.05) is 12.1 Å². The number of morpholine rings is 1. The van der Waals surface area contributed by atoms with Crippen molar-refractivity contribution in [1.82, 2.24) is 0 Å². The molecule has 0 aromatic heterocycles. The molecule has 2 bridgehead atoms. The van der Waals surface area contributed by atoms with Crippen LogP contribution in [0.2, 0.25) is 0 Å². The van der Waals surface area contributed by atoms with Gasteiger partial charge >= 0.3 is 0 Å². The van der Waals surface area contributed by atoms with Crippen molar-refractivity contribution in [2.24, 2.45) is 0 Å². The standard InChI is InChI=1S/C17H23NO4S/c19-17(11-15-5-6-16(12-17)23(15,20)21)13-1-3-14(4-2-13)18-7-9-22-10-8-18/h1-4,15-16,19H,5-12H2. The van der Waals surface area contributed by atoms with Crippen molar-refractivity contribution in [3.8, 4) is 0 Å². The normalized spacial score (nSPS) is 36.1.